The third-order valence-electron chi connectivity index (χ3n) is 1.51. The third-order valence-corrected chi connectivity index (χ3v) is 1.51. The summed E-state index contributed by atoms with van der Waals surface area (Å²) in [7, 11) is 0. The average Bonchev–Trinajstić information content (AvgIpc) is 2.01. The van der Waals surface area contributed by atoms with Gasteiger partial charge in [0.25, 0.3) is 5.91 Å². The van der Waals surface area contributed by atoms with Gasteiger partial charge in [-0.2, -0.15) is 0 Å². The molecule has 1 N–H and O–H groups in total. The Morgan fingerprint density at radius 2 is 1.79 bits per heavy atom. The maximum atomic E-state index is 12.7. The van der Waals surface area contributed by atoms with Crippen molar-refractivity contribution in [1.29, 1.82) is 0 Å². The molecule has 0 saturated heterocycles. The van der Waals surface area contributed by atoms with Crippen LogP contribution in [0.2, 0.25) is 0 Å². The molecule has 4 heteroatoms. The second-order valence-corrected chi connectivity index (χ2v) is 2.89. The Balaban J connectivity index is 2.87. The highest BCUT2D eigenvalue weighted by atomic mass is 19.1. The molecule has 1 aromatic rings. The van der Waals surface area contributed by atoms with Crippen LogP contribution in [-0.4, -0.2) is 5.91 Å². The van der Waals surface area contributed by atoms with Crippen LogP contribution in [0, 0.1) is 11.6 Å². The number of halogens is 2. The molecule has 2 nitrogen and oxygen atoms in total. The number of amides is 1. The van der Waals surface area contributed by atoms with Crippen LogP contribution in [0.5, 0.6) is 0 Å². The highest BCUT2D eigenvalue weighted by Crippen LogP contribution is 2.13. The summed E-state index contributed by atoms with van der Waals surface area (Å²) < 4.78 is 25.3. The second kappa shape index (κ2) is 4.00. The smallest absolute Gasteiger partial charge is 0.250 e. The van der Waals surface area contributed by atoms with Gasteiger partial charge in [-0.3, -0.25) is 4.79 Å². The van der Waals surface area contributed by atoms with Crippen molar-refractivity contribution < 1.29 is 13.6 Å². The van der Waals surface area contributed by atoms with Crippen molar-refractivity contribution >= 4 is 11.6 Å². The third kappa shape index (κ3) is 2.65. The van der Waals surface area contributed by atoms with Crippen LogP contribution in [0.25, 0.3) is 0 Å². The van der Waals surface area contributed by atoms with E-state index in [9.17, 15) is 13.6 Å². The van der Waals surface area contributed by atoms with E-state index in [-0.39, 0.29) is 11.3 Å². The summed E-state index contributed by atoms with van der Waals surface area (Å²) in [6.07, 6.45) is 0. The zero-order valence-electron chi connectivity index (χ0n) is 7.60. The summed E-state index contributed by atoms with van der Waals surface area (Å²) >= 11 is 0. The molecule has 0 spiro atoms. The van der Waals surface area contributed by atoms with Gasteiger partial charge in [0.15, 0.2) is 0 Å². The molecule has 0 atom stereocenters. The number of rotatable bonds is 2. The van der Waals surface area contributed by atoms with E-state index < -0.39 is 17.5 Å². The van der Waals surface area contributed by atoms with Crippen molar-refractivity contribution in [2.45, 2.75) is 6.92 Å². The summed E-state index contributed by atoms with van der Waals surface area (Å²) in [5.74, 6) is -1.93. The quantitative estimate of drug-likeness (QED) is 0.725. The number of benzene rings is 1. The summed E-state index contributed by atoms with van der Waals surface area (Å²) in [5, 5.41) is 2.30. The number of carbonyl (C=O) groups is 1. The van der Waals surface area contributed by atoms with Gasteiger partial charge < -0.3 is 5.32 Å². The lowest BCUT2D eigenvalue weighted by Gasteiger charge is -2.04. The van der Waals surface area contributed by atoms with Gasteiger partial charge in [0.1, 0.15) is 11.6 Å². The lowest BCUT2D eigenvalue weighted by molar-refractivity contribution is -0.112. The topological polar surface area (TPSA) is 29.1 Å². The van der Waals surface area contributed by atoms with Gasteiger partial charge in [-0.15, -0.1) is 0 Å². The number of carbonyl (C=O) groups excluding carboxylic acids is 1. The standard InChI is InChI=1S/C10H9F2NO/c1-6(2)10(14)13-9-4-7(11)3-8(12)5-9/h3-5H,1H2,2H3,(H,13,14). The molecule has 1 amide bonds. The Labute approximate surface area is 80.2 Å². The van der Waals surface area contributed by atoms with Gasteiger partial charge >= 0.3 is 0 Å². The highest BCUT2D eigenvalue weighted by molar-refractivity contribution is 6.02. The minimum absolute atomic E-state index is 0.0792. The predicted octanol–water partition coefficient (Wildman–Crippen LogP) is 2.48. The fourth-order valence-electron chi connectivity index (χ4n) is 0.864. The minimum Gasteiger partial charge on any atom is -0.322 e. The van der Waals surface area contributed by atoms with Crippen molar-refractivity contribution in [3.8, 4) is 0 Å². The molecule has 0 aromatic heterocycles. The minimum atomic E-state index is -0.734. The van der Waals surface area contributed by atoms with E-state index in [1.807, 2.05) is 0 Å². The van der Waals surface area contributed by atoms with E-state index >= 15 is 0 Å². The fourth-order valence-corrected chi connectivity index (χ4v) is 0.864. The summed E-state index contributed by atoms with van der Waals surface area (Å²) in [4.78, 5) is 11.1. The molecule has 1 aromatic carbocycles. The van der Waals surface area contributed by atoms with Gasteiger partial charge in [-0.25, -0.2) is 8.78 Å². The molecule has 1 rings (SSSR count). The van der Waals surface area contributed by atoms with Crippen molar-refractivity contribution in [3.63, 3.8) is 0 Å². The Kier molecular flexibility index (Phi) is 2.96. The zero-order valence-corrected chi connectivity index (χ0v) is 7.60. The Morgan fingerprint density at radius 1 is 1.29 bits per heavy atom. The monoisotopic (exact) mass is 197 g/mol. The lowest BCUT2D eigenvalue weighted by Crippen LogP contribution is -2.12. The summed E-state index contributed by atoms with van der Waals surface area (Å²) in [6.45, 7) is 4.90. The Bertz CT molecular complexity index is 367. The van der Waals surface area contributed by atoms with Gasteiger partial charge in [0.05, 0.1) is 0 Å². The van der Waals surface area contributed by atoms with Crippen LogP contribution in [0.15, 0.2) is 30.4 Å². The molecule has 0 bridgehead atoms. The van der Waals surface area contributed by atoms with Gasteiger partial charge in [-0.05, 0) is 19.1 Å². The molecule has 0 heterocycles. The van der Waals surface area contributed by atoms with E-state index in [0.717, 1.165) is 18.2 Å². The number of hydrogen-bond donors (Lipinski definition) is 1. The van der Waals surface area contributed by atoms with Crippen molar-refractivity contribution in [2.75, 3.05) is 5.32 Å². The van der Waals surface area contributed by atoms with Crippen molar-refractivity contribution in [3.05, 3.63) is 42.0 Å². The van der Waals surface area contributed by atoms with Gasteiger partial charge in [0.2, 0.25) is 0 Å². The van der Waals surface area contributed by atoms with Gasteiger partial charge in [0, 0.05) is 17.3 Å². The molecule has 0 fully saturated rings. The second-order valence-electron chi connectivity index (χ2n) is 2.89. The molecule has 0 unspecified atom stereocenters. The maximum Gasteiger partial charge on any atom is 0.250 e. The predicted molar refractivity (Wildman–Crippen MR) is 49.8 cm³/mol. The van der Waals surface area contributed by atoms with Crippen LogP contribution in [0.1, 0.15) is 6.92 Å². The van der Waals surface area contributed by atoms with E-state index in [2.05, 4.69) is 11.9 Å². The SMILES string of the molecule is C=C(C)C(=O)Nc1cc(F)cc(F)c1. The van der Waals surface area contributed by atoms with E-state index in [1.165, 1.54) is 6.92 Å². The Hall–Kier alpha value is -1.71. The number of nitrogens with one attached hydrogen (secondary N) is 1. The first-order chi connectivity index (χ1) is 6.49. The first kappa shape index (κ1) is 10.4. The van der Waals surface area contributed by atoms with Crippen LogP contribution in [0.3, 0.4) is 0 Å². The fraction of sp³-hybridized carbons (Fsp3) is 0.100. The van der Waals surface area contributed by atoms with Crippen molar-refractivity contribution in [2.24, 2.45) is 0 Å². The van der Waals surface area contributed by atoms with Crippen LogP contribution >= 0.6 is 0 Å². The number of anilines is 1. The molecule has 0 radical (unpaired) electrons. The molecule has 14 heavy (non-hydrogen) atoms. The average molecular weight is 197 g/mol. The first-order valence-electron chi connectivity index (χ1n) is 3.92. The Morgan fingerprint density at radius 3 is 2.21 bits per heavy atom. The summed E-state index contributed by atoms with van der Waals surface area (Å²) in [6, 6.07) is 2.80. The van der Waals surface area contributed by atoms with Gasteiger partial charge in [-0.1, -0.05) is 6.58 Å². The van der Waals surface area contributed by atoms with Crippen molar-refractivity contribution in [1.82, 2.24) is 0 Å². The molecular formula is C10H9F2NO. The van der Waals surface area contributed by atoms with Crippen LogP contribution < -0.4 is 5.32 Å². The van der Waals surface area contributed by atoms with E-state index in [0.29, 0.717) is 0 Å². The van der Waals surface area contributed by atoms with Crippen LogP contribution in [-0.2, 0) is 4.79 Å². The lowest BCUT2D eigenvalue weighted by atomic mass is 10.2. The highest BCUT2D eigenvalue weighted by Gasteiger charge is 2.05. The summed E-state index contributed by atoms with van der Waals surface area (Å²) in [5.41, 5.74) is 0.352. The largest absolute Gasteiger partial charge is 0.322 e. The van der Waals surface area contributed by atoms with E-state index in [4.69, 9.17) is 0 Å². The van der Waals surface area contributed by atoms with Crippen LogP contribution in [0.4, 0.5) is 14.5 Å². The zero-order chi connectivity index (χ0) is 10.7. The van der Waals surface area contributed by atoms with E-state index in [1.54, 1.807) is 0 Å². The molecule has 0 aliphatic heterocycles. The first-order valence-corrected chi connectivity index (χ1v) is 3.92. The normalized spacial score (nSPS) is 9.64. The maximum absolute atomic E-state index is 12.7. The molecule has 0 aliphatic rings. The molecular weight excluding hydrogens is 188 g/mol. The number of hydrogen-bond acceptors (Lipinski definition) is 1. The molecule has 74 valence electrons. The molecule has 0 saturated carbocycles. The molecule has 0 aliphatic carbocycles.